The summed E-state index contributed by atoms with van der Waals surface area (Å²) in [7, 11) is 2.44. The van der Waals surface area contributed by atoms with E-state index in [-0.39, 0.29) is 11.4 Å². The number of hydrogen-bond acceptors (Lipinski definition) is 8. The molecule has 9 nitrogen and oxygen atoms in total. The van der Waals surface area contributed by atoms with E-state index in [1.165, 1.54) is 25.4 Å². The lowest BCUT2D eigenvalue weighted by molar-refractivity contribution is -0.150. The van der Waals surface area contributed by atoms with Crippen molar-refractivity contribution in [3.8, 4) is 0 Å². The Kier molecular flexibility index (Phi) is 3.98. The van der Waals surface area contributed by atoms with Gasteiger partial charge in [0.05, 0.1) is 19.6 Å². The number of ether oxygens (including phenoxy) is 2. The van der Waals surface area contributed by atoms with Gasteiger partial charge in [-0.05, 0) is 6.07 Å². The Bertz CT molecular complexity index is 891. The molecule has 2 heterocycles. The van der Waals surface area contributed by atoms with Crippen LogP contribution in [0.5, 0.6) is 0 Å². The van der Waals surface area contributed by atoms with E-state index < -0.39 is 23.9 Å². The number of esters is 2. The van der Waals surface area contributed by atoms with E-state index in [1.54, 1.807) is 24.3 Å². The second-order valence-electron chi connectivity index (χ2n) is 5.05. The minimum atomic E-state index is -1.07. The average Bonchev–Trinajstić information content (AvgIpc) is 3.05. The lowest BCUT2D eigenvalue weighted by Gasteiger charge is -2.24. The third-order valence-electron chi connectivity index (χ3n) is 3.76. The lowest BCUT2D eigenvalue weighted by Crippen LogP contribution is -2.44. The van der Waals surface area contributed by atoms with Crippen LogP contribution < -0.4 is 10.6 Å². The number of methoxy groups -OCH3 is 2. The highest BCUT2D eigenvalue weighted by molar-refractivity contribution is 6.02. The largest absolute Gasteiger partial charge is 0.468 e. The van der Waals surface area contributed by atoms with Crippen LogP contribution in [-0.2, 0) is 19.1 Å². The smallest absolute Gasteiger partial charge is 0.332 e. The Morgan fingerprint density at radius 3 is 2.46 bits per heavy atom. The standard InChI is InChI=1S/C15H14N4O5/c1-23-14(21)10-7-16-19(11(10)15(22)24-2)12-8-5-3-4-6-9(8)13(20)18-17-12/h3-7,10-11H,1-2H3,(H,18,20)/t10-,11-/m0/s1. The summed E-state index contributed by atoms with van der Waals surface area (Å²) in [6, 6.07) is 5.69. The number of carbonyl (C=O) groups excluding carboxylic acids is 2. The van der Waals surface area contributed by atoms with E-state index in [9.17, 15) is 14.4 Å². The summed E-state index contributed by atoms with van der Waals surface area (Å²) in [6.07, 6.45) is 1.30. The van der Waals surface area contributed by atoms with Crippen molar-refractivity contribution in [1.29, 1.82) is 0 Å². The molecule has 124 valence electrons. The van der Waals surface area contributed by atoms with Gasteiger partial charge in [-0.2, -0.15) is 10.2 Å². The molecule has 1 aromatic heterocycles. The maximum Gasteiger partial charge on any atom is 0.332 e. The van der Waals surface area contributed by atoms with Crippen molar-refractivity contribution >= 4 is 34.7 Å². The molecular formula is C15H14N4O5. The van der Waals surface area contributed by atoms with Gasteiger partial charge >= 0.3 is 11.9 Å². The number of nitrogens with zero attached hydrogens (tertiary/aromatic N) is 3. The van der Waals surface area contributed by atoms with Gasteiger partial charge in [-0.3, -0.25) is 9.59 Å². The molecule has 9 heteroatoms. The molecule has 0 radical (unpaired) electrons. The molecule has 1 aliphatic heterocycles. The van der Waals surface area contributed by atoms with Crippen molar-refractivity contribution in [1.82, 2.24) is 10.2 Å². The number of aromatic nitrogens is 2. The number of benzene rings is 1. The number of aromatic amines is 1. The zero-order valence-corrected chi connectivity index (χ0v) is 12.9. The van der Waals surface area contributed by atoms with E-state index in [0.717, 1.165) is 0 Å². The van der Waals surface area contributed by atoms with Crippen LogP contribution in [0.4, 0.5) is 5.82 Å². The number of anilines is 1. The molecular weight excluding hydrogens is 316 g/mol. The molecule has 0 spiro atoms. The number of rotatable bonds is 3. The van der Waals surface area contributed by atoms with Crippen LogP contribution in [0, 0.1) is 5.92 Å². The van der Waals surface area contributed by atoms with Gasteiger partial charge in [-0.1, -0.05) is 18.2 Å². The summed E-state index contributed by atoms with van der Waals surface area (Å²) in [5.41, 5.74) is -0.364. The SMILES string of the molecule is COC(=O)[C@H]1C=NN(c2n[nH]c(=O)c3ccccc23)[C@@H]1C(=O)OC. The van der Waals surface area contributed by atoms with Crippen LogP contribution in [0.2, 0.25) is 0 Å². The maximum atomic E-state index is 12.2. The topological polar surface area (TPSA) is 114 Å². The third-order valence-corrected chi connectivity index (χ3v) is 3.76. The molecule has 0 aliphatic carbocycles. The molecule has 0 amide bonds. The normalized spacial score (nSPS) is 19.5. The quantitative estimate of drug-likeness (QED) is 0.791. The predicted octanol–water partition coefficient (Wildman–Crippen LogP) is 0.0597. The van der Waals surface area contributed by atoms with Crippen LogP contribution in [0.25, 0.3) is 10.8 Å². The number of hydrogen-bond donors (Lipinski definition) is 1. The first kappa shape index (κ1) is 15.7. The van der Waals surface area contributed by atoms with Gasteiger partial charge in [0.25, 0.3) is 5.56 Å². The van der Waals surface area contributed by atoms with E-state index in [1.807, 2.05) is 0 Å². The molecule has 0 bridgehead atoms. The van der Waals surface area contributed by atoms with E-state index in [2.05, 4.69) is 15.3 Å². The molecule has 2 aromatic rings. The van der Waals surface area contributed by atoms with E-state index in [4.69, 9.17) is 9.47 Å². The second-order valence-corrected chi connectivity index (χ2v) is 5.05. The first-order valence-corrected chi connectivity index (χ1v) is 7.05. The molecule has 0 saturated carbocycles. The number of fused-ring (bicyclic) bond motifs is 1. The van der Waals surface area contributed by atoms with Gasteiger partial charge < -0.3 is 9.47 Å². The van der Waals surface area contributed by atoms with Crippen LogP contribution in [0.1, 0.15) is 0 Å². The summed E-state index contributed by atoms with van der Waals surface area (Å²) in [5, 5.41) is 12.6. The summed E-state index contributed by atoms with van der Waals surface area (Å²) >= 11 is 0. The van der Waals surface area contributed by atoms with Crippen molar-refractivity contribution in [3.63, 3.8) is 0 Å². The molecule has 1 aliphatic rings. The monoisotopic (exact) mass is 330 g/mol. The summed E-state index contributed by atoms with van der Waals surface area (Å²) < 4.78 is 9.49. The van der Waals surface area contributed by atoms with E-state index >= 15 is 0 Å². The Labute approximate surface area is 135 Å². The zero-order chi connectivity index (χ0) is 17.3. The highest BCUT2D eigenvalue weighted by Crippen LogP contribution is 2.29. The Balaban J connectivity index is 2.13. The first-order valence-electron chi connectivity index (χ1n) is 7.05. The van der Waals surface area contributed by atoms with Crippen LogP contribution >= 0.6 is 0 Å². The Morgan fingerprint density at radius 2 is 1.79 bits per heavy atom. The highest BCUT2D eigenvalue weighted by Gasteiger charge is 2.44. The molecule has 1 aromatic carbocycles. The molecule has 0 saturated heterocycles. The number of H-pyrrole nitrogens is 1. The fourth-order valence-corrected chi connectivity index (χ4v) is 2.60. The van der Waals surface area contributed by atoms with Gasteiger partial charge in [0.2, 0.25) is 0 Å². The predicted molar refractivity (Wildman–Crippen MR) is 84.6 cm³/mol. The zero-order valence-electron chi connectivity index (χ0n) is 12.9. The molecule has 2 atom stereocenters. The minimum Gasteiger partial charge on any atom is -0.468 e. The van der Waals surface area contributed by atoms with Crippen molar-refractivity contribution in [2.24, 2.45) is 11.0 Å². The number of nitrogens with one attached hydrogen (secondary N) is 1. The Morgan fingerprint density at radius 1 is 1.12 bits per heavy atom. The minimum absolute atomic E-state index is 0.239. The van der Waals surface area contributed by atoms with Crippen LogP contribution in [0.3, 0.4) is 0 Å². The summed E-state index contributed by atoms with van der Waals surface area (Å²) in [6.45, 7) is 0. The highest BCUT2D eigenvalue weighted by atomic mass is 16.5. The van der Waals surface area contributed by atoms with Crippen LogP contribution in [0.15, 0.2) is 34.2 Å². The average molecular weight is 330 g/mol. The van der Waals surface area contributed by atoms with Crippen LogP contribution in [-0.4, -0.2) is 48.6 Å². The Hall–Kier alpha value is -3.23. The van der Waals surface area contributed by atoms with Crippen molar-refractivity contribution < 1.29 is 19.1 Å². The van der Waals surface area contributed by atoms with Gasteiger partial charge in [0, 0.05) is 11.6 Å². The molecule has 1 N–H and O–H groups in total. The fraction of sp³-hybridized carbons (Fsp3) is 0.267. The van der Waals surface area contributed by atoms with E-state index in [0.29, 0.717) is 10.8 Å². The summed E-state index contributed by atoms with van der Waals surface area (Å²) in [4.78, 5) is 36.0. The number of hydrazone groups is 1. The lowest BCUT2D eigenvalue weighted by atomic mass is 10.0. The second kappa shape index (κ2) is 6.11. The molecule has 3 rings (SSSR count). The van der Waals surface area contributed by atoms with Gasteiger partial charge in [-0.25, -0.2) is 14.9 Å². The molecule has 24 heavy (non-hydrogen) atoms. The maximum absolute atomic E-state index is 12.2. The van der Waals surface area contributed by atoms with Gasteiger partial charge in [-0.15, -0.1) is 0 Å². The number of carbonyl (C=O) groups is 2. The summed E-state index contributed by atoms with van der Waals surface area (Å²) in [5.74, 6) is -1.98. The van der Waals surface area contributed by atoms with Crippen molar-refractivity contribution in [2.75, 3.05) is 19.2 Å². The van der Waals surface area contributed by atoms with Gasteiger partial charge in [0.15, 0.2) is 11.9 Å². The van der Waals surface area contributed by atoms with Crippen molar-refractivity contribution in [2.45, 2.75) is 6.04 Å². The van der Waals surface area contributed by atoms with Crippen molar-refractivity contribution in [3.05, 3.63) is 34.6 Å². The third kappa shape index (κ3) is 2.39. The van der Waals surface area contributed by atoms with Gasteiger partial charge in [0.1, 0.15) is 5.92 Å². The fourth-order valence-electron chi connectivity index (χ4n) is 2.60. The molecule has 0 unspecified atom stereocenters. The molecule has 0 fully saturated rings. The first-order chi connectivity index (χ1) is 11.6.